The van der Waals surface area contributed by atoms with Crippen LogP contribution >= 0.6 is 0 Å². The van der Waals surface area contributed by atoms with Crippen LogP contribution in [0, 0.1) is 0 Å². The molecule has 0 saturated carbocycles. The standard InChI is InChI=1S/C16H12N2O5S/c19-10-5-6-14(15(20)9-10)18-17-13-7-8-16(24(21,22)23)12-4-2-1-3-11(12)13/h1-9,19-20H,(H,21,22,23). The molecule has 122 valence electrons. The Labute approximate surface area is 137 Å². The zero-order valence-electron chi connectivity index (χ0n) is 12.2. The van der Waals surface area contributed by atoms with Gasteiger partial charge in [-0.15, -0.1) is 10.2 Å². The third kappa shape index (κ3) is 3.05. The first-order valence-corrected chi connectivity index (χ1v) is 8.23. The summed E-state index contributed by atoms with van der Waals surface area (Å²) in [4.78, 5) is -0.218. The Morgan fingerprint density at radius 3 is 2.08 bits per heavy atom. The van der Waals surface area contributed by atoms with Crippen molar-refractivity contribution in [3.05, 3.63) is 54.6 Å². The average Bonchev–Trinajstić information content (AvgIpc) is 2.52. The first kappa shape index (κ1) is 15.9. The third-order valence-electron chi connectivity index (χ3n) is 3.36. The van der Waals surface area contributed by atoms with Crippen LogP contribution in [0.5, 0.6) is 11.5 Å². The van der Waals surface area contributed by atoms with Crippen LogP contribution in [-0.4, -0.2) is 23.2 Å². The molecule has 0 radical (unpaired) electrons. The summed E-state index contributed by atoms with van der Waals surface area (Å²) in [5.41, 5.74) is 0.515. The number of phenols is 2. The van der Waals surface area contributed by atoms with E-state index in [-0.39, 0.29) is 22.1 Å². The minimum atomic E-state index is -4.36. The van der Waals surface area contributed by atoms with Gasteiger partial charge in [0.2, 0.25) is 0 Å². The van der Waals surface area contributed by atoms with Crippen molar-refractivity contribution in [2.75, 3.05) is 0 Å². The molecule has 3 aromatic rings. The molecule has 3 rings (SSSR count). The summed E-state index contributed by atoms with van der Waals surface area (Å²) in [6.45, 7) is 0. The van der Waals surface area contributed by atoms with Crippen LogP contribution in [-0.2, 0) is 10.1 Å². The summed E-state index contributed by atoms with van der Waals surface area (Å²) >= 11 is 0. The molecule has 0 fully saturated rings. The lowest BCUT2D eigenvalue weighted by Crippen LogP contribution is -1.98. The highest BCUT2D eigenvalue weighted by atomic mass is 32.2. The number of azo groups is 1. The summed E-state index contributed by atoms with van der Waals surface area (Å²) in [6.07, 6.45) is 0. The van der Waals surface area contributed by atoms with Crippen LogP contribution in [0.4, 0.5) is 11.4 Å². The van der Waals surface area contributed by atoms with E-state index in [1.54, 1.807) is 24.3 Å². The molecule has 0 heterocycles. The van der Waals surface area contributed by atoms with Gasteiger partial charge >= 0.3 is 0 Å². The van der Waals surface area contributed by atoms with E-state index in [9.17, 15) is 23.2 Å². The van der Waals surface area contributed by atoms with E-state index in [2.05, 4.69) is 10.2 Å². The molecule has 0 aliphatic carbocycles. The predicted octanol–water partition coefficient (Wildman–Crippen LogP) is 3.91. The molecule has 0 spiro atoms. The molecule has 0 amide bonds. The molecule has 0 unspecified atom stereocenters. The van der Waals surface area contributed by atoms with Gasteiger partial charge in [0.1, 0.15) is 22.1 Å². The first-order chi connectivity index (χ1) is 11.4. The molecule has 3 aromatic carbocycles. The fourth-order valence-corrected chi connectivity index (χ4v) is 2.97. The van der Waals surface area contributed by atoms with Gasteiger partial charge in [-0.05, 0) is 24.3 Å². The Morgan fingerprint density at radius 2 is 1.42 bits per heavy atom. The normalized spacial score (nSPS) is 12.0. The lowest BCUT2D eigenvalue weighted by molar-refractivity contribution is 0.451. The smallest absolute Gasteiger partial charge is 0.295 e. The number of rotatable bonds is 3. The Balaban J connectivity index is 2.13. The van der Waals surface area contributed by atoms with Crippen molar-refractivity contribution >= 4 is 32.3 Å². The summed E-state index contributed by atoms with van der Waals surface area (Å²) in [7, 11) is -4.36. The number of nitrogens with zero attached hydrogens (tertiary/aromatic N) is 2. The van der Waals surface area contributed by atoms with Gasteiger partial charge in [0.05, 0.1) is 5.69 Å². The van der Waals surface area contributed by atoms with E-state index in [0.29, 0.717) is 16.5 Å². The van der Waals surface area contributed by atoms with Crippen molar-refractivity contribution in [2.45, 2.75) is 4.90 Å². The van der Waals surface area contributed by atoms with E-state index in [0.717, 1.165) is 6.07 Å². The summed E-state index contributed by atoms with van der Waals surface area (Å²) in [6, 6.07) is 13.1. The number of benzene rings is 3. The maximum Gasteiger partial charge on any atom is 0.295 e. The Bertz CT molecular complexity index is 1060. The minimum Gasteiger partial charge on any atom is -0.508 e. The fourth-order valence-electron chi connectivity index (χ4n) is 2.27. The SMILES string of the molecule is O=S(=O)(O)c1ccc(N=Nc2ccc(O)cc2O)c2ccccc12. The van der Waals surface area contributed by atoms with Crippen molar-refractivity contribution in [1.29, 1.82) is 0 Å². The average molecular weight is 344 g/mol. The molecular weight excluding hydrogens is 332 g/mol. The molecule has 24 heavy (non-hydrogen) atoms. The maximum absolute atomic E-state index is 11.5. The molecule has 0 aliphatic rings. The number of phenolic OH excluding ortho intramolecular Hbond substituents is 2. The molecule has 3 N–H and O–H groups in total. The minimum absolute atomic E-state index is 0.102. The van der Waals surface area contributed by atoms with Crippen LogP contribution in [0.1, 0.15) is 0 Å². The van der Waals surface area contributed by atoms with Crippen LogP contribution in [0.3, 0.4) is 0 Å². The number of fused-ring (bicyclic) bond motifs is 1. The van der Waals surface area contributed by atoms with Gasteiger partial charge in [0, 0.05) is 16.8 Å². The van der Waals surface area contributed by atoms with E-state index in [1.807, 2.05) is 0 Å². The maximum atomic E-state index is 11.5. The van der Waals surface area contributed by atoms with Crippen molar-refractivity contribution in [3.8, 4) is 11.5 Å². The quantitative estimate of drug-likeness (QED) is 0.491. The van der Waals surface area contributed by atoms with Crippen molar-refractivity contribution in [1.82, 2.24) is 0 Å². The van der Waals surface area contributed by atoms with E-state index >= 15 is 0 Å². The van der Waals surface area contributed by atoms with Crippen molar-refractivity contribution in [2.24, 2.45) is 10.2 Å². The first-order valence-electron chi connectivity index (χ1n) is 6.79. The number of aromatic hydroxyl groups is 2. The van der Waals surface area contributed by atoms with Gasteiger partial charge in [-0.1, -0.05) is 24.3 Å². The van der Waals surface area contributed by atoms with E-state index in [1.165, 1.54) is 24.3 Å². The second kappa shape index (κ2) is 5.91. The van der Waals surface area contributed by atoms with Crippen LogP contribution < -0.4 is 0 Å². The Morgan fingerprint density at radius 1 is 0.792 bits per heavy atom. The monoisotopic (exact) mass is 344 g/mol. The lowest BCUT2D eigenvalue weighted by Gasteiger charge is -2.06. The number of hydrogen-bond donors (Lipinski definition) is 3. The predicted molar refractivity (Wildman–Crippen MR) is 87.7 cm³/mol. The lowest BCUT2D eigenvalue weighted by atomic mass is 10.1. The Hall–Kier alpha value is -2.97. The van der Waals surface area contributed by atoms with Gasteiger partial charge < -0.3 is 10.2 Å². The number of hydrogen-bond acceptors (Lipinski definition) is 6. The molecular formula is C16H12N2O5S. The summed E-state index contributed by atoms with van der Waals surface area (Å²) in [5, 5.41) is 27.7. The zero-order chi connectivity index (χ0) is 17.3. The Kier molecular flexibility index (Phi) is 3.92. The molecule has 0 atom stereocenters. The van der Waals surface area contributed by atoms with Gasteiger partial charge in [-0.25, -0.2) is 0 Å². The highest BCUT2D eigenvalue weighted by Gasteiger charge is 2.15. The molecule has 8 heteroatoms. The second-order valence-electron chi connectivity index (χ2n) is 4.98. The molecule has 0 saturated heterocycles. The zero-order valence-corrected chi connectivity index (χ0v) is 13.0. The second-order valence-corrected chi connectivity index (χ2v) is 6.37. The van der Waals surface area contributed by atoms with Crippen molar-refractivity contribution < 1.29 is 23.2 Å². The van der Waals surface area contributed by atoms with Crippen molar-refractivity contribution in [3.63, 3.8) is 0 Å². The highest BCUT2D eigenvalue weighted by molar-refractivity contribution is 7.86. The van der Waals surface area contributed by atoms with Gasteiger partial charge in [0.25, 0.3) is 10.1 Å². The van der Waals surface area contributed by atoms with Gasteiger partial charge in [-0.2, -0.15) is 8.42 Å². The highest BCUT2D eigenvalue weighted by Crippen LogP contribution is 2.34. The molecule has 7 nitrogen and oxygen atoms in total. The molecule has 0 bridgehead atoms. The van der Waals surface area contributed by atoms with Crippen LogP contribution in [0.2, 0.25) is 0 Å². The summed E-state index contributed by atoms with van der Waals surface area (Å²) in [5.74, 6) is -0.341. The topological polar surface area (TPSA) is 120 Å². The largest absolute Gasteiger partial charge is 0.508 e. The third-order valence-corrected chi connectivity index (χ3v) is 4.28. The van der Waals surface area contributed by atoms with E-state index < -0.39 is 10.1 Å². The van der Waals surface area contributed by atoms with Crippen LogP contribution in [0.15, 0.2) is 69.7 Å². The van der Waals surface area contributed by atoms with E-state index in [4.69, 9.17) is 0 Å². The summed E-state index contributed by atoms with van der Waals surface area (Å²) < 4.78 is 32.2. The molecule has 0 aromatic heterocycles. The van der Waals surface area contributed by atoms with Crippen LogP contribution in [0.25, 0.3) is 10.8 Å². The fraction of sp³-hybridized carbons (Fsp3) is 0. The van der Waals surface area contributed by atoms with Gasteiger partial charge in [0.15, 0.2) is 0 Å². The van der Waals surface area contributed by atoms with Gasteiger partial charge in [-0.3, -0.25) is 4.55 Å². The molecule has 0 aliphatic heterocycles.